The summed E-state index contributed by atoms with van der Waals surface area (Å²) < 4.78 is 0. The van der Waals surface area contributed by atoms with Gasteiger partial charge in [-0.25, -0.2) is 9.97 Å². The SMILES string of the molecule is Cc1cnc2nc(-c3cc(NC(=O)c4ccnnc4)ccc3Cl)[nH]c2c1. The minimum Gasteiger partial charge on any atom is -0.337 e. The van der Waals surface area contributed by atoms with Gasteiger partial charge in [0.1, 0.15) is 5.82 Å². The second-order valence-corrected chi connectivity index (χ2v) is 6.16. The maximum absolute atomic E-state index is 12.3. The van der Waals surface area contributed by atoms with Crippen LogP contribution in [0.25, 0.3) is 22.6 Å². The lowest BCUT2D eigenvalue weighted by molar-refractivity contribution is 0.102. The van der Waals surface area contributed by atoms with Crippen molar-refractivity contribution in [1.29, 1.82) is 0 Å². The largest absolute Gasteiger partial charge is 0.337 e. The van der Waals surface area contributed by atoms with E-state index >= 15 is 0 Å². The molecule has 7 nitrogen and oxygen atoms in total. The van der Waals surface area contributed by atoms with Crippen LogP contribution in [0.3, 0.4) is 0 Å². The number of aromatic amines is 1. The first kappa shape index (κ1) is 16.2. The maximum atomic E-state index is 12.3. The van der Waals surface area contributed by atoms with Gasteiger partial charge in [-0.15, -0.1) is 0 Å². The van der Waals surface area contributed by atoms with E-state index in [9.17, 15) is 4.79 Å². The van der Waals surface area contributed by atoms with Gasteiger partial charge in [-0.2, -0.15) is 10.2 Å². The van der Waals surface area contributed by atoms with Gasteiger partial charge in [0.25, 0.3) is 5.91 Å². The molecule has 0 aliphatic heterocycles. The van der Waals surface area contributed by atoms with Crippen molar-refractivity contribution in [2.45, 2.75) is 6.92 Å². The monoisotopic (exact) mass is 364 g/mol. The van der Waals surface area contributed by atoms with Crippen LogP contribution in [0, 0.1) is 6.92 Å². The molecule has 0 saturated heterocycles. The lowest BCUT2D eigenvalue weighted by Crippen LogP contribution is -2.12. The van der Waals surface area contributed by atoms with Crippen LogP contribution >= 0.6 is 11.6 Å². The Morgan fingerprint density at radius 1 is 1.15 bits per heavy atom. The number of fused-ring (bicyclic) bond motifs is 1. The van der Waals surface area contributed by atoms with Gasteiger partial charge in [0.15, 0.2) is 5.65 Å². The Hall–Kier alpha value is -3.32. The Morgan fingerprint density at radius 3 is 2.85 bits per heavy atom. The predicted molar refractivity (Wildman–Crippen MR) is 99.1 cm³/mol. The van der Waals surface area contributed by atoms with Gasteiger partial charge in [-0.05, 0) is 42.8 Å². The summed E-state index contributed by atoms with van der Waals surface area (Å²) >= 11 is 6.33. The van der Waals surface area contributed by atoms with Gasteiger partial charge in [0, 0.05) is 17.4 Å². The first-order valence-corrected chi connectivity index (χ1v) is 8.18. The molecule has 0 radical (unpaired) electrons. The molecule has 0 fully saturated rings. The lowest BCUT2D eigenvalue weighted by Gasteiger charge is -2.07. The third-order valence-corrected chi connectivity index (χ3v) is 4.13. The molecule has 0 spiro atoms. The van der Waals surface area contributed by atoms with Gasteiger partial charge in [-0.1, -0.05) is 11.6 Å². The molecule has 1 aromatic carbocycles. The van der Waals surface area contributed by atoms with Gasteiger partial charge in [0.2, 0.25) is 0 Å². The van der Waals surface area contributed by atoms with E-state index in [-0.39, 0.29) is 5.91 Å². The van der Waals surface area contributed by atoms with Gasteiger partial charge in [0.05, 0.1) is 28.5 Å². The van der Waals surface area contributed by atoms with E-state index in [4.69, 9.17) is 11.6 Å². The summed E-state index contributed by atoms with van der Waals surface area (Å²) in [5.41, 5.74) is 4.15. The summed E-state index contributed by atoms with van der Waals surface area (Å²) in [4.78, 5) is 24.3. The summed E-state index contributed by atoms with van der Waals surface area (Å²) in [6.45, 7) is 1.96. The zero-order valence-electron chi connectivity index (χ0n) is 13.7. The molecule has 4 aromatic rings. The number of amides is 1. The van der Waals surface area contributed by atoms with Crippen molar-refractivity contribution >= 4 is 34.4 Å². The molecule has 0 aliphatic carbocycles. The van der Waals surface area contributed by atoms with Crippen molar-refractivity contribution in [3.8, 4) is 11.4 Å². The summed E-state index contributed by atoms with van der Waals surface area (Å²) in [6, 6.07) is 8.76. The van der Waals surface area contributed by atoms with Crippen LogP contribution in [0.1, 0.15) is 15.9 Å². The Bertz CT molecular complexity index is 1110. The summed E-state index contributed by atoms with van der Waals surface area (Å²) in [7, 11) is 0. The lowest BCUT2D eigenvalue weighted by atomic mass is 10.2. The van der Waals surface area contributed by atoms with E-state index < -0.39 is 0 Å². The number of aromatic nitrogens is 5. The number of rotatable bonds is 3. The molecule has 128 valence electrons. The van der Waals surface area contributed by atoms with Crippen LogP contribution in [-0.4, -0.2) is 31.1 Å². The highest BCUT2D eigenvalue weighted by molar-refractivity contribution is 6.33. The number of H-pyrrole nitrogens is 1. The first-order valence-electron chi connectivity index (χ1n) is 7.80. The highest BCUT2D eigenvalue weighted by Crippen LogP contribution is 2.30. The molecule has 3 heterocycles. The number of nitrogens with zero attached hydrogens (tertiary/aromatic N) is 4. The predicted octanol–water partition coefficient (Wildman–Crippen LogP) is 3.63. The summed E-state index contributed by atoms with van der Waals surface area (Å²) in [5, 5.41) is 10.7. The Labute approximate surface area is 153 Å². The number of benzene rings is 1. The zero-order valence-corrected chi connectivity index (χ0v) is 14.4. The highest BCUT2D eigenvalue weighted by Gasteiger charge is 2.13. The number of imidazole rings is 1. The number of hydrogen-bond acceptors (Lipinski definition) is 5. The molecule has 0 bridgehead atoms. The number of carbonyl (C=O) groups excluding carboxylic acids is 1. The van der Waals surface area contributed by atoms with Gasteiger partial charge >= 0.3 is 0 Å². The van der Waals surface area contributed by atoms with E-state index in [1.165, 1.54) is 12.4 Å². The fraction of sp³-hybridized carbons (Fsp3) is 0.0556. The molecule has 1 amide bonds. The molecule has 4 rings (SSSR count). The van der Waals surface area contributed by atoms with E-state index in [2.05, 4.69) is 30.5 Å². The molecular formula is C18H13ClN6O. The summed E-state index contributed by atoms with van der Waals surface area (Å²) in [6.07, 6.45) is 4.62. The Morgan fingerprint density at radius 2 is 2.04 bits per heavy atom. The van der Waals surface area contributed by atoms with Crippen molar-refractivity contribution in [3.05, 3.63) is 65.1 Å². The third kappa shape index (κ3) is 3.12. The van der Waals surface area contributed by atoms with E-state index in [0.717, 1.165) is 11.1 Å². The first-order chi connectivity index (χ1) is 12.6. The van der Waals surface area contributed by atoms with Crippen molar-refractivity contribution < 1.29 is 4.79 Å². The van der Waals surface area contributed by atoms with Crippen molar-refractivity contribution in [2.24, 2.45) is 0 Å². The quantitative estimate of drug-likeness (QED) is 0.578. The highest BCUT2D eigenvalue weighted by atomic mass is 35.5. The Balaban J connectivity index is 1.68. The topological polar surface area (TPSA) is 96.5 Å². The van der Waals surface area contributed by atoms with Gasteiger partial charge < -0.3 is 10.3 Å². The number of anilines is 1. The van der Waals surface area contributed by atoms with Crippen LogP contribution in [0.15, 0.2) is 48.9 Å². The van der Waals surface area contributed by atoms with Crippen molar-refractivity contribution in [2.75, 3.05) is 5.32 Å². The second kappa shape index (κ2) is 6.53. The van der Waals surface area contributed by atoms with Crippen LogP contribution in [0.5, 0.6) is 0 Å². The molecule has 26 heavy (non-hydrogen) atoms. The number of nitrogens with one attached hydrogen (secondary N) is 2. The molecule has 0 atom stereocenters. The molecule has 0 aliphatic rings. The number of pyridine rings is 1. The normalized spacial score (nSPS) is 10.8. The molecule has 3 aromatic heterocycles. The van der Waals surface area contributed by atoms with Crippen LogP contribution in [0.2, 0.25) is 5.02 Å². The second-order valence-electron chi connectivity index (χ2n) is 5.75. The maximum Gasteiger partial charge on any atom is 0.257 e. The minimum atomic E-state index is -0.282. The summed E-state index contributed by atoms with van der Waals surface area (Å²) in [5.74, 6) is 0.305. The third-order valence-electron chi connectivity index (χ3n) is 3.80. The number of carbonyl (C=O) groups is 1. The zero-order chi connectivity index (χ0) is 18.1. The number of hydrogen-bond donors (Lipinski definition) is 2. The molecular weight excluding hydrogens is 352 g/mol. The molecule has 2 N–H and O–H groups in total. The van der Waals surface area contributed by atoms with Crippen LogP contribution in [0.4, 0.5) is 5.69 Å². The minimum absolute atomic E-state index is 0.282. The smallest absolute Gasteiger partial charge is 0.257 e. The van der Waals surface area contributed by atoms with Gasteiger partial charge in [-0.3, -0.25) is 4.79 Å². The fourth-order valence-corrected chi connectivity index (χ4v) is 2.75. The average molecular weight is 365 g/mol. The van der Waals surface area contributed by atoms with Crippen LogP contribution < -0.4 is 5.32 Å². The molecule has 8 heteroatoms. The van der Waals surface area contributed by atoms with E-state index in [1.807, 2.05) is 13.0 Å². The fourth-order valence-electron chi connectivity index (χ4n) is 2.54. The molecule has 0 unspecified atom stereocenters. The average Bonchev–Trinajstić information content (AvgIpc) is 3.07. The van der Waals surface area contributed by atoms with Crippen molar-refractivity contribution in [3.63, 3.8) is 0 Å². The van der Waals surface area contributed by atoms with E-state index in [1.54, 1.807) is 30.5 Å². The molecule has 0 saturated carbocycles. The van der Waals surface area contributed by atoms with E-state index in [0.29, 0.717) is 33.3 Å². The number of aryl methyl sites for hydroxylation is 1. The number of halogens is 1. The Kier molecular flexibility index (Phi) is 4.06. The standard InChI is InChI=1S/C18H13ClN6O/c1-10-6-15-17(20-8-10)25-16(24-15)13-7-12(2-3-14(13)19)23-18(26)11-4-5-21-22-9-11/h2-9H,1H3,(H,23,26)(H,20,24,25). The van der Waals surface area contributed by atoms with Crippen LogP contribution in [-0.2, 0) is 0 Å². The van der Waals surface area contributed by atoms with Crippen molar-refractivity contribution in [1.82, 2.24) is 25.1 Å².